The summed E-state index contributed by atoms with van der Waals surface area (Å²) in [7, 11) is 0. The highest BCUT2D eigenvalue weighted by molar-refractivity contribution is 7.84. The van der Waals surface area contributed by atoms with E-state index in [9.17, 15) is 9.59 Å². The number of rotatable bonds is 17. The minimum absolute atomic E-state index is 0.0937. The predicted octanol–water partition coefficient (Wildman–Crippen LogP) is 5.51. The molecule has 5 nitrogen and oxygen atoms in total. The maximum Gasteiger partial charge on any atom is 0.316 e. The van der Waals surface area contributed by atoms with Crippen LogP contribution in [0.4, 0.5) is 0 Å². The van der Waals surface area contributed by atoms with Gasteiger partial charge in [-0.05, 0) is 19.3 Å². The molecule has 7 heteroatoms. The highest BCUT2D eigenvalue weighted by atomic mass is 32.1. The van der Waals surface area contributed by atoms with Crippen molar-refractivity contribution in [3.63, 3.8) is 0 Å². The molecule has 1 unspecified atom stereocenters. The highest BCUT2D eigenvalue weighted by Gasteiger charge is 2.30. The van der Waals surface area contributed by atoms with Crippen LogP contribution in [0.3, 0.4) is 0 Å². The number of ether oxygens (including phenoxy) is 2. The molecule has 0 spiro atoms. The first-order valence-electron chi connectivity index (χ1n) is 10.8. The summed E-state index contributed by atoms with van der Waals surface area (Å²) in [5.74, 6) is -1.69. The van der Waals surface area contributed by atoms with Crippen LogP contribution in [0.5, 0.6) is 0 Å². The number of nitrogens with zero attached hydrogens (tertiary/aromatic N) is 1. The first kappa shape index (κ1) is 27.2. The summed E-state index contributed by atoms with van der Waals surface area (Å²) in [5.41, 5.74) is 0. The number of hydrogen-bond acceptors (Lipinski definition) is 6. The van der Waals surface area contributed by atoms with Crippen molar-refractivity contribution in [3.05, 3.63) is 0 Å². The summed E-state index contributed by atoms with van der Waals surface area (Å²) >= 11 is 9.83. The Bertz CT molecular complexity index is 446. The first-order chi connectivity index (χ1) is 13.5. The van der Waals surface area contributed by atoms with Gasteiger partial charge in [0, 0.05) is 6.54 Å². The fraction of sp³-hybridized carbons (Fsp3) is 0.857. The van der Waals surface area contributed by atoms with Gasteiger partial charge in [0.1, 0.15) is 10.9 Å². The average Bonchev–Trinajstić information content (AvgIpc) is 2.69. The Morgan fingerprint density at radius 2 is 1.39 bits per heavy atom. The molecule has 0 N–H and O–H groups in total. The van der Waals surface area contributed by atoms with Crippen molar-refractivity contribution in [2.75, 3.05) is 19.8 Å². The normalized spacial score (nSPS) is 11.7. The average molecular weight is 434 g/mol. The second-order valence-corrected chi connectivity index (χ2v) is 7.98. The molecule has 164 valence electrons. The van der Waals surface area contributed by atoms with Crippen LogP contribution in [0.2, 0.25) is 0 Å². The molecular weight excluding hydrogens is 394 g/mol. The fourth-order valence-electron chi connectivity index (χ4n) is 2.61. The maximum absolute atomic E-state index is 12.6. The Labute approximate surface area is 182 Å². The van der Waals surface area contributed by atoms with Crippen molar-refractivity contribution in [1.82, 2.24) is 4.31 Å². The third kappa shape index (κ3) is 13.4. The molecule has 28 heavy (non-hydrogen) atoms. The van der Waals surface area contributed by atoms with Gasteiger partial charge in [0.2, 0.25) is 0 Å². The molecule has 0 rings (SSSR count). The predicted molar refractivity (Wildman–Crippen MR) is 122 cm³/mol. The summed E-state index contributed by atoms with van der Waals surface area (Å²) < 4.78 is 12.3. The zero-order valence-electron chi connectivity index (χ0n) is 17.9. The smallest absolute Gasteiger partial charge is 0.316 e. The quantitative estimate of drug-likeness (QED) is 0.141. The lowest BCUT2D eigenvalue weighted by Crippen LogP contribution is -2.36. The van der Waals surface area contributed by atoms with E-state index in [1.54, 1.807) is 4.31 Å². The summed E-state index contributed by atoms with van der Waals surface area (Å²) in [6, 6.07) is 0. The van der Waals surface area contributed by atoms with Gasteiger partial charge in [0.05, 0.1) is 19.6 Å². The molecule has 0 aliphatic heterocycles. The van der Waals surface area contributed by atoms with Crippen molar-refractivity contribution in [3.8, 4) is 0 Å². The summed E-state index contributed by atoms with van der Waals surface area (Å²) in [4.78, 5) is 25.1. The number of esters is 2. The number of hydrogen-bond donors (Lipinski definition) is 1. The molecular formula is C21H39NO4S2. The van der Waals surface area contributed by atoms with Crippen molar-refractivity contribution in [2.24, 2.45) is 5.92 Å². The third-order valence-corrected chi connectivity index (χ3v) is 5.49. The Hall–Kier alpha value is -0.820. The molecule has 0 fully saturated rings. The largest absolute Gasteiger partial charge is 0.466 e. The van der Waals surface area contributed by atoms with E-state index in [1.165, 1.54) is 0 Å². The molecule has 0 bridgehead atoms. The van der Waals surface area contributed by atoms with Crippen LogP contribution >= 0.6 is 25.0 Å². The summed E-state index contributed by atoms with van der Waals surface area (Å²) in [6.45, 7) is 7.70. The van der Waals surface area contributed by atoms with E-state index in [-0.39, 0.29) is 6.42 Å². The SMILES string of the molecule is CCCCCCOC(=O)CC(C(=O)OCCCCCC)C(=S)N(S)CCCC. The molecule has 0 aromatic rings. The van der Waals surface area contributed by atoms with Crippen molar-refractivity contribution in [2.45, 2.75) is 91.4 Å². The molecule has 0 radical (unpaired) electrons. The number of thiocarbonyl (C=S) groups is 1. The minimum Gasteiger partial charge on any atom is -0.466 e. The zero-order chi connectivity index (χ0) is 21.2. The number of unbranched alkanes of at least 4 members (excludes halogenated alkanes) is 7. The standard InChI is InChI=1S/C21H39NO4S2/c1-4-7-10-12-15-25-19(23)17-18(20(27)22(28)14-9-6-3)21(24)26-16-13-11-8-5-2/h18,28H,4-17H2,1-3H3. The lowest BCUT2D eigenvalue weighted by Gasteiger charge is -2.24. The van der Waals surface area contributed by atoms with Crippen molar-refractivity contribution in [1.29, 1.82) is 0 Å². The van der Waals surface area contributed by atoms with Crippen molar-refractivity contribution >= 4 is 42.0 Å². The monoisotopic (exact) mass is 433 g/mol. The first-order valence-corrected chi connectivity index (χ1v) is 11.6. The topological polar surface area (TPSA) is 55.8 Å². The van der Waals surface area contributed by atoms with Crippen LogP contribution in [0, 0.1) is 5.92 Å². The third-order valence-electron chi connectivity index (χ3n) is 4.43. The number of carbonyl (C=O) groups excluding carboxylic acids is 2. The molecule has 0 saturated heterocycles. The van der Waals surface area contributed by atoms with Crippen LogP contribution in [0.25, 0.3) is 0 Å². The molecule has 0 aromatic carbocycles. The van der Waals surface area contributed by atoms with Gasteiger partial charge in [-0.15, -0.1) is 0 Å². The Balaban J connectivity index is 4.66. The van der Waals surface area contributed by atoms with E-state index in [0.29, 0.717) is 24.7 Å². The molecule has 1 atom stereocenters. The zero-order valence-corrected chi connectivity index (χ0v) is 19.6. The minimum atomic E-state index is -0.821. The summed E-state index contributed by atoms with van der Waals surface area (Å²) in [5, 5.41) is 0. The van der Waals surface area contributed by atoms with E-state index in [4.69, 9.17) is 21.7 Å². The van der Waals surface area contributed by atoms with Gasteiger partial charge in [-0.3, -0.25) is 9.59 Å². The van der Waals surface area contributed by atoms with E-state index in [1.807, 2.05) is 0 Å². The lowest BCUT2D eigenvalue weighted by atomic mass is 10.1. The van der Waals surface area contributed by atoms with E-state index in [2.05, 4.69) is 33.6 Å². The summed E-state index contributed by atoms with van der Waals surface area (Å²) in [6.07, 6.45) is 10.0. The van der Waals surface area contributed by atoms with Crippen LogP contribution in [0.15, 0.2) is 0 Å². The van der Waals surface area contributed by atoms with Crippen molar-refractivity contribution < 1.29 is 19.1 Å². The van der Waals surface area contributed by atoms with Gasteiger partial charge >= 0.3 is 11.9 Å². The van der Waals surface area contributed by atoms with Gasteiger partial charge in [0.15, 0.2) is 0 Å². The Kier molecular flexibility index (Phi) is 17.7. The maximum atomic E-state index is 12.6. The Morgan fingerprint density at radius 1 is 0.857 bits per heavy atom. The van der Waals surface area contributed by atoms with E-state index >= 15 is 0 Å². The van der Waals surface area contributed by atoms with Gasteiger partial charge in [-0.25, -0.2) is 0 Å². The second kappa shape index (κ2) is 18.2. The van der Waals surface area contributed by atoms with Gasteiger partial charge < -0.3 is 13.8 Å². The highest BCUT2D eigenvalue weighted by Crippen LogP contribution is 2.17. The van der Waals surface area contributed by atoms with Gasteiger partial charge in [0.25, 0.3) is 0 Å². The molecule has 0 aliphatic carbocycles. The molecule has 0 aromatic heterocycles. The van der Waals surface area contributed by atoms with Crippen LogP contribution in [0.1, 0.15) is 91.4 Å². The van der Waals surface area contributed by atoms with Crippen LogP contribution in [-0.4, -0.2) is 41.0 Å². The lowest BCUT2D eigenvalue weighted by molar-refractivity contribution is -0.153. The fourth-order valence-corrected chi connectivity index (χ4v) is 3.16. The molecule has 0 amide bonds. The van der Waals surface area contributed by atoms with Gasteiger partial charge in [-0.2, -0.15) is 0 Å². The number of carbonyl (C=O) groups is 2. The molecule has 0 saturated carbocycles. The van der Waals surface area contributed by atoms with Crippen LogP contribution in [-0.2, 0) is 19.1 Å². The second-order valence-electron chi connectivity index (χ2n) is 7.08. The molecule has 0 heterocycles. The van der Waals surface area contributed by atoms with E-state index in [0.717, 1.165) is 64.2 Å². The van der Waals surface area contributed by atoms with Gasteiger partial charge in [-0.1, -0.05) is 90.7 Å². The molecule has 0 aliphatic rings. The number of thiol groups is 1. The van der Waals surface area contributed by atoms with E-state index < -0.39 is 17.9 Å². The van der Waals surface area contributed by atoms with Crippen LogP contribution < -0.4 is 0 Å². The Morgan fingerprint density at radius 3 is 1.93 bits per heavy atom.